The van der Waals surface area contributed by atoms with Crippen molar-refractivity contribution in [2.24, 2.45) is 0 Å². The van der Waals surface area contributed by atoms with Crippen LogP contribution in [0.4, 0.5) is 0 Å². The van der Waals surface area contributed by atoms with Gasteiger partial charge in [0.15, 0.2) is 0 Å². The van der Waals surface area contributed by atoms with E-state index in [1.54, 1.807) is 0 Å². The van der Waals surface area contributed by atoms with Crippen molar-refractivity contribution in [3.05, 3.63) is 25.0 Å². The Kier molecular flexibility index (Phi) is 5.79. The van der Waals surface area contributed by atoms with Crippen LogP contribution in [0.1, 0.15) is 13.3 Å². The second kappa shape index (κ2) is 6.46. The molecule has 0 rings (SSSR count). The van der Waals surface area contributed by atoms with Crippen molar-refractivity contribution >= 4 is 5.97 Å². The molecule has 0 heterocycles. The lowest BCUT2D eigenvalue weighted by Crippen LogP contribution is -2.11. The van der Waals surface area contributed by atoms with Crippen molar-refractivity contribution in [3.63, 3.8) is 0 Å². The Morgan fingerprint density at radius 3 is 2.75 bits per heavy atom. The van der Waals surface area contributed by atoms with Crippen LogP contribution in [0.3, 0.4) is 0 Å². The second-order valence-electron chi connectivity index (χ2n) is 2.22. The lowest BCUT2D eigenvalue weighted by molar-refractivity contribution is -0.139. The van der Waals surface area contributed by atoms with Crippen molar-refractivity contribution < 1.29 is 14.3 Å². The van der Waals surface area contributed by atoms with Gasteiger partial charge in [-0.2, -0.15) is 0 Å². The summed E-state index contributed by atoms with van der Waals surface area (Å²) in [4.78, 5) is 11.0. The Balaban J connectivity index is 3.61. The van der Waals surface area contributed by atoms with E-state index in [1.165, 1.54) is 6.26 Å². The fourth-order valence-electron chi connectivity index (χ4n) is 0.515. The average molecular weight is 170 g/mol. The number of hydrogen-bond donors (Lipinski definition) is 0. The summed E-state index contributed by atoms with van der Waals surface area (Å²) in [5.41, 5.74) is 0.309. The van der Waals surface area contributed by atoms with E-state index in [9.17, 15) is 4.79 Å². The Hall–Kier alpha value is -1.25. The monoisotopic (exact) mass is 170 g/mol. The standard InChI is InChI=1S/C9H14O3/c1-4-6-12-9(10)8(3)7-11-5-2/h5H,2-4,6-7H2,1H3. The highest BCUT2D eigenvalue weighted by atomic mass is 16.5. The molecule has 12 heavy (non-hydrogen) atoms. The van der Waals surface area contributed by atoms with Gasteiger partial charge in [0.2, 0.25) is 0 Å². The second-order valence-corrected chi connectivity index (χ2v) is 2.22. The highest BCUT2D eigenvalue weighted by molar-refractivity contribution is 5.87. The highest BCUT2D eigenvalue weighted by Crippen LogP contribution is 1.96. The molecule has 3 heteroatoms. The number of rotatable bonds is 6. The summed E-state index contributed by atoms with van der Waals surface area (Å²) >= 11 is 0. The van der Waals surface area contributed by atoms with Gasteiger partial charge in [0.05, 0.1) is 18.4 Å². The Labute approximate surface area is 72.7 Å². The summed E-state index contributed by atoms with van der Waals surface area (Å²) < 4.78 is 9.56. The molecular formula is C9H14O3. The van der Waals surface area contributed by atoms with Crippen molar-refractivity contribution in [1.82, 2.24) is 0 Å². The third-order valence-corrected chi connectivity index (χ3v) is 1.10. The maximum Gasteiger partial charge on any atom is 0.336 e. The molecule has 0 aromatic carbocycles. The molecule has 68 valence electrons. The first-order chi connectivity index (χ1) is 5.72. The van der Waals surface area contributed by atoms with Gasteiger partial charge in [-0.25, -0.2) is 4.79 Å². The molecule has 0 aliphatic rings. The van der Waals surface area contributed by atoms with Crippen molar-refractivity contribution in [3.8, 4) is 0 Å². The van der Waals surface area contributed by atoms with Crippen molar-refractivity contribution in [1.29, 1.82) is 0 Å². The molecule has 0 amide bonds. The minimum absolute atomic E-state index is 0.145. The summed E-state index contributed by atoms with van der Waals surface area (Å²) in [5, 5.41) is 0. The van der Waals surface area contributed by atoms with Gasteiger partial charge in [-0.05, 0) is 6.42 Å². The predicted molar refractivity (Wildman–Crippen MR) is 46.5 cm³/mol. The maximum atomic E-state index is 11.0. The zero-order valence-electron chi connectivity index (χ0n) is 7.34. The largest absolute Gasteiger partial charge is 0.497 e. The predicted octanol–water partition coefficient (Wildman–Crippen LogP) is 1.66. The van der Waals surface area contributed by atoms with Crippen LogP contribution in [0.5, 0.6) is 0 Å². The van der Waals surface area contributed by atoms with Crippen molar-refractivity contribution in [2.45, 2.75) is 13.3 Å². The maximum absolute atomic E-state index is 11.0. The SMILES string of the molecule is C=COCC(=C)C(=O)OCCC. The third kappa shape index (κ3) is 4.55. The van der Waals surface area contributed by atoms with Gasteiger partial charge in [-0.15, -0.1) is 0 Å². The molecule has 0 saturated heterocycles. The van der Waals surface area contributed by atoms with Crippen LogP contribution < -0.4 is 0 Å². The fourth-order valence-corrected chi connectivity index (χ4v) is 0.515. The molecule has 0 bridgehead atoms. The smallest absolute Gasteiger partial charge is 0.336 e. The van der Waals surface area contributed by atoms with Gasteiger partial charge < -0.3 is 9.47 Å². The lowest BCUT2D eigenvalue weighted by atomic mass is 10.3. The zero-order valence-corrected chi connectivity index (χ0v) is 7.34. The lowest BCUT2D eigenvalue weighted by Gasteiger charge is -2.04. The normalized spacial score (nSPS) is 8.75. The van der Waals surface area contributed by atoms with Gasteiger partial charge in [-0.1, -0.05) is 20.1 Å². The van der Waals surface area contributed by atoms with Crippen LogP contribution in [0.15, 0.2) is 25.0 Å². The number of esters is 1. The van der Waals surface area contributed by atoms with Crippen molar-refractivity contribution in [2.75, 3.05) is 13.2 Å². The van der Waals surface area contributed by atoms with Crippen LogP contribution in [0.2, 0.25) is 0 Å². The first kappa shape index (κ1) is 10.8. The van der Waals surface area contributed by atoms with Crippen LogP contribution in [0, 0.1) is 0 Å². The minimum atomic E-state index is -0.404. The van der Waals surface area contributed by atoms with E-state index in [0.717, 1.165) is 6.42 Å². The molecular weight excluding hydrogens is 156 g/mol. The van der Waals surface area contributed by atoms with Crippen LogP contribution in [-0.2, 0) is 14.3 Å². The summed E-state index contributed by atoms with van der Waals surface area (Å²) in [6, 6.07) is 0. The number of carbonyl (C=O) groups excluding carboxylic acids is 1. The minimum Gasteiger partial charge on any atom is -0.497 e. The van der Waals surface area contributed by atoms with Gasteiger partial charge >= 0.3 is 5.97 Å². The first-order valence-electron chi connectivity index (χ1n) is 3.79. The van der Waals surface area contributed by atoms with Crippen LogP contribution in [0.25, 0.3) is 0 Å². The Morgan fingerprint density at radius 2 is 2.25 bits per heavy atom. The molecule has 0 aromatic heterocycles. The fraction of sp³-hybridized carbons (Fsp3) is 0.444. The molecule has 0 spiro atoms. The van der Waals surface area contributed by atoms with E-state index >= 15 is 0 Å². The van der Waals surface area contributed by atoms with E-state index in [0.29, 0.717) is 12.2 Å². The quantitative estimate of drug-likeness (QED) is 0.345. The molecule has 0 aliphatic carbocycles. The number of hydrogen-bond acceptors (Lipinski definition) is 3. The summed E-state index contributed by atoms with van der Waals surface area (Å²) in [5.74, 6) is -0.404. The molecule has 0 N–H and O–H groups in total. The van der Waals surface area contributed by atoms with Crippen LogP contribution >= 0.6 is 0 Å². The molecule has 0 unspecified atom stereocenters. The topological polar surface area (TPSA) is 35.5 Å². The van der Waals surface area contributed by atoms with Gasteiger partial charge in [0, 0.05) is 0 Å². The molecule has 0 aromatic rings. The number of carbonyl (C=O) groups is 1. The average Bonchev–Trinajstić information content (AvgIpc) is 2.10. The summed E-state index contributed by atoms with van der Waals surface area (Å²) in [7, 11) is 0. The molecule has 0 aliphatic heterocycles. The van der Waals surface area contributed by atoms with Gasteiger partial charge in [0.1, 0.15) is 6.61 Å². The highest BCUT2D eigenvalue weighted by Gasteiger charge is 2.06. The van der Waals surface area contributed by atoms with Crippen LogP contribution in [-0.4, -0.2) is 19.2 Å². The Bertz CT molecular complexity index is 173. The Morgan fingerprint density at radius 1 is 1.58 bits per heavy atom. The van der Waals surface area contributed by atoms with E-state index in [4.69, 9.17) is 9.47 Å². The zero-order chi connectivity index (χ0) is 9.40. The molecule has 0 saturated carbocycles. The summed E-state index contributed by atoms with van der Waals surface area (Å²) in [6.45, 7) is 9.33. The van der Waals surface area contributed by atoms with E-state index in [-0.39, 0.29) is 6.61 Å². The van der Waals surface area contributed by atoms with E-state index in [2.05, 4.69) is 13.2 Å². The van der Waals surface area contributed by atoms with Gasteiger partial charge in [0.25, 0.3) is 0 Å². The van der Waals surface area contributed by atoms with E-state index in [1.807, 2.05) is 6.92 Å². The molecule has 3 nitrogen and oxygen atoms in total. The molecule has 0 fully saturated rings. The van der Waals surface area contributed by atoms with Gasteiger partial charge in [-0.3, -0.25) is 0 Å². The molecule has 0 atom stereocenters. The first-order valence-corrected chi connectivity index (χ1v) is 3.79. The van der Waals surface area contributed by atoms with E-state index < -0.39 is 5.97 Å². The molecule has 0 radical (unpaired) electrons. The summed E-state index contributed by atoms with van der Waals surface area (Å²) in [6.07, 6.45) is 2.07. The third-order valence-electron chi connectivity index (χ3n) is 1.10. The number of ether oxygens (including phenoxy) is 2.